The lowest BCUT2D eigenvalue weighted by Crippen LogP contribution is -2.47. The highest BCUT2D eigenvalue weighted by molar-refractivity contribution is 5.95. The van der Waals surface area contributed by atoms with Crippen LogP contribution in [-0.2, 0) is 6.54 Å². The number of nitrogens with one attached hydrogen (secondary N) is 2. The van der Waals surface area contributed by atoms with Gasteiger partial charge in [-0.2, -0.15) is 5.10 Å². The third-order valence-electron chi connectivity index (χ3n) is 3.74. The summed E-state index contributed by atoms with van der Waals surface area (Å²) in [6, 6.07) is 18.0. The zero-order chi connectivity index (χ0) is 18.4. The standard InChI is InChI=1S/C19H19N5O2/c1-23(19(26)22-21-18(25)16-8-4-2-5-9-16)13-15-12-20-24(14-15)17-10-6-3-7-11-17/h2-12,14H,13H2,1H3,(H,21,25)(H,22,26). The van der Waals surface area contributed by atoms with Crippen molar-refractivity contribution >= 4 is 11.9 Å². The van der Waals surface area contributed by atoms with Crippen LogP contribution in [0.5, 0.6) is 0 Å². The highest BCUT2D eigenvalue weighted by Gasteiger charge is 2.12. The van der Waals surface area contributed by atoms with Gasteiger partial charge in [0, 0.05) is 24.4 Å². The molecule has 0 aliphatic carbocycles. The van der Waals surface area contributed by atoms with Gasteiger partial charge >= 0.3 is 6.03 Å². The zero-order valence-corrected chi connectivity index (χ0v) is 14.3. The summed E-state index contributed by atoms with van der Waals surface area (Å²) in [6.07, 6.45) is 3.57. The molecule has 0 bridgehead atoms. The Morgan fingerprint density at radius 3 is 2.35 bits per heavy atom. The minimum atomic E-state index is -0.415. The molecule has 3 amide bonds. The molecule has 7 heteroatoms. The topological polar surface area (TPSA) is 79.3 Å². The van der Waals surface area contributed by atoms with E-state index in [1.807, 2.05) is 42.6 Å². The highest BCUT2D eigenvalue weighted by atomic mass is 16.2. The number of hydrazine groups is 1. The third kappa shape index (κ3) is 4.27. The van der Waals surface area contributed by atoms with Crippen molar-refractivity contribution in [2.45, 2.75) is 6.54 Å². The van der Waals surface area contributed by atoms with Gasteiger partial charge in [-0.1, -0.05) is 36.4 Å². The van der Waals surface area contributed by atoms with Gasteiger partial charge in [-0.25, -0.2) is 14.9 Å². The smallest absolute Gasteiger partial charge is 0.322 e. The molecule has 0 radical (unpaired) electrons. The molecule has 3 aromatic rings. The van der Waals surface area contributed by atoms with Crippen LogP contribution in [0, 0.1) is 0 Å². The molecule has 0 saturated heterocycles. The van der Waals surface area contributed by atoms with E-state index in [-0.39, 0.29) is 5.91 Å². The highest BCUT2D eigenvalue weighted by Crippen LogP contribution is 2.09. The average molecular weight is 349 g/mol. The maximum Gasteiger partial charge on any atom is 0.336 e. The molecule has 1 heterocycles. The molecule has 0 fully saturated rings. The largest absolute Gasteiger partial charge is 0.336 e. The van der Waals surface area contributed by atoms with E-state index in [0.717, 1.165) is 11.3 Å². The fourth-order valence-electron chi connectivity index (χ4n) is 2.38. The van der Waals surface area contributed by atoms with Crippen LogP contribution >= 0.6 is 0 Å². The van der Waals surface area contributed by atoms with Crippen molar-refractivity contribution in [3.8, 4) is 5.69 Å². The van der Waals surface area contributed by atoms with Crippen LogP contribution in [0.15, 0.2) is 73.1 Å². The van der Waals surface area contributed by atoms with Crippen molar-refractivity contribution in [1.82, 2.24) is 25.5 Å². The Morgan fingerprint density at radius 1 is 1.00 bits per heavy atom. The van der Waals surface area contributed by atoms with Gasteiger partial charge in [-0.05, 0) is 24.3 Å². The first-order valence-corrected chi connectivity index (χ1v) is 8.09. The molecule has 0 spiro atoms. The predicted octanol–water partition coefficient (Wildman–Crippen LogP) is 2.36. The van der Waals surface area contributed by atoms with Crippen molar-refractivity contribution < 1.29 is 9.59 Å². The normalized spacial score (nSPS) is 10.2. The maximum atomic E-state index is 12.1. The number of rotatable bonds is 4. The molecular weight excluding hydrogens is 330 g/mol. The lowest BCUT2D eigenvalue weighted by Gasteiger charge is -2.17. The molecule has 2 aromatic carbocycles. The van der Waals surface area contributed by atoms with Gasteiger partial charge in [-0.15, -0.1) is 0 Å². The van der Waals surface area contributed by atoms with Crippen LogP contribution in [-0.4, -0.2) is 33.7 Å². The lowest BCUT2D eigenvalue weighted by molar-refractivity contribution is 0.0931. The van der Waals surface area contributed by atoms with Crippen LogP contribution < -0.4 is 10.9 Å². The van der Waals surface area contributed by atoms with Crippen molar-refractivity contribution in [1.29, 1.82) is 0 Å². The van der Waals surface area contributed by atoms with Gasteiger partial charge in [0.1, 0.15) is 0 Å². The van der Waals surface area contributed by atoms with Crippen molar-refractivity contribution in [3.05, 3.63) is 84.2 Å². The summed E-state index contributed by atoms with van der Waals surface area (Å²) in [6.45, 7) is 0.361. The van der Waals surface area contributed by atoms with Crippen LogP contribution in [0.4, 0.5) is 4.79 Å². The summed E-state index contributed by atoms with van der Waals surface area (Å²) < 4.78 is 1.75. The summed E-state index contributed by atoms with van der Waals surface area (Å²) in [5.41, 5.74) is 7.09. The van der Waals surface area contributed by atoms with Crippen LogP contribution in [0.1, 0.15) is 15.9 Å². The SMILES string of the molecule is CN(Cc1cnn(-c2ccccc2)c1)C(=O)NNC(=O)c1ccccc1. The first-order valence-electron chi connectivity index (χ1n) is 8.09. The summed E-state index contributed by atoms with van der Waals surface area (Å²) in [4.78, 5) is 25.5. The fourth-order valence-corrected chi connectivity index (χ4v) is 2.38. The second-order valence-electron chi connectivity index (χ2n) is 5.74. The first kappa shape index (κ1) is 17.2. The molecule has 26 heavy (non-hydrogen) atoms. The minimum Gasteiger partial charge on any atom is -0.322 e. The summed E-state index contributed by atoms with van der Waals surface area (Å²) in [7, 11) is 1.64. The van der Waals surface area contributed by atoms with Gasteiger partial charge in [0.2, 0.25) is 0 Å². The van der Waals surface area contributed by atoms with Crippen LogP contribution in [0.2, 0.25) is 0 Å². The predicted molar refractivity (Wildman–Crippen MR) is 97.5 cm³/mol. The Hall–Kier alpha value is -3.61. The fraction of sp³-hybridized carbons (Fsp3) is 0.105. The molecule has 2 N–H and O–H groups in total. The van der Waals surface area contributed by atoms with E-state index in [2.05, 4.69) is 16.0 Å². The molecule has 3 rings (SSSR count). The van der Waals surface area contributed by atoms with E-state index in [9.17, 15) is 9.59 Å². The quantitative estimate of drug-likeness (QED) is 0.710. The van der Waals surface area contributed by atoms with Gasteiger partial charge in [-0.3, -0.25) is 10.2 Å². The zero-order valence-electron chi connectivity index (χ0n) is 14.3. The number of carbonyl (C=O) groups excluding carboxylic acids is 2. The molecular formula is C19H19N5O2. The summed E-state index contributed by atoms with van der Waals surface area (Å²) in [5, 5.41) is 4.30. The summed E-state index contributed by atoms with van der Waals surface area (Å²) >= 11 is 0. The second-order valence-corrected chi connectivity index (χ2v) is 5.74. The Kier molecular flexibility index (Phi) is 5.28. The average Bonchev–Trinajstić information content (AvgIpc) is 3.15. The summed E-state index contributed by atoms with van der Waals surface area (Å²) in [5.74, 6) is -0.371. The van der Waals surface area contributed by atoms with Crippen LogP contribution in [0.25, 0.3) is 5.69 Å². The number of carbonyl (C=O) groups is 2. The Labute approximate surface area is 151 Å². The maximum absolute atomic E-state index is 12.1. The van der Waals surface area contributed by atoms with Crippen molar-refractivity contribution in [2.24, 2.45) is 0 Å². The number of amides is 3. The molecule has 132 valence electrons. The number of hydrogen-bond acceptors (Lipinski definition) is 3. The number of aromatic nitrogens is 2. The number of nitrogens with zero attached hydrogens (tertiary/aromatic N) is 3. The molecule has 0 saturated carbocycles. The van der Waals surface area contributed by atoms with E-state index in [0.29, 0.717) is 12.1 Å². The van der Waals surface area contributed by atoms with E-state index in [1.165, 1.54) is 4.90 Å². The first-order chi connectivity index (χ1) is 12.6. The molecule has 0 unspecified atom stereocenters. The Bertz CT molecular complexity index is 877. The molecule has 1 aromatic heterocycles. The molecule has 0 atom stereocenters. The van der Waals surface area contributed by atoms with Gasteiger partial charge in [0.05, 0.1) is 18.4 Å². The monoisotopic (exact) mass is 349 g/mol. The van der Waals surface area contributed by atoms with Gasteiger partial charge in [0.15, 0.2) is 0 Å². The molecule has 7 nitrogen and oxygen atoms in total. The molecule has 0 aliphatic heterocycles. The third-order valence-corrected chi connectivity index (χ3v) is 3.74. The van der Waals surface area contributed by atoms with Crippen LogP contribution in [0.3, 0.4) is 0 Å². The van der Waals surface area contributed by atoms with E-state index >= 15 is 0 Å². The second kappa shape index (κ2) is 7.98. The van der Waals surface area contributed by atoms with E-state index < -0.39 is 6.03 Å². The van der Waals surface area contributed by atoms with Gasteiger partial charge < -0.3 is 4.90 Å². The lowest BCUT2D eigenvalue weighted by atomic mass is 10.2. The van der Waals surface area contributed by atoms with E-state index in [1.54, 1.807) is 42.2 Å². The Balaban J connectivity index is 1.53. The van der Waals surface area contributed by atoms with E-state index in [4.69, 9.17) is 0 Å². The molecule has 0 aliphatic rings. The number of benzene rings is 2. The number of para-hydroxylation sites is 1. The number of urea groups is 1. The van der Waals surface area contributed by atoms with Gasteiger partial charge in [0.25, 0.3) is 5.91 Å². The van der Waals surface area contributed by atoms with Crippen molar-refractivity contribution in [2.75, 3.05) is 7.05 Å². The van der Waals surface area contributed by atoms with Crippen molar-refractivity contribution in [3.63, 3.8) is 0 Å². The minimum absolute atomic E-state index is 0.361. The Morgan fingerprint density at radius 2 is 1.65 bits per heavy atom. The number of hydrogen-bond donors (Lipinski definition) is 2.